The molecule has 2 amide bonds. The summed E-state index contributed by atoms with van der Waals surface area (Å²) in [5, 5.41) is 11.0. The molecule has 0 radical (unpaired) electrons. The molecule has 0 bridgehead atoms. The first-order valence-corrected chi connectivity index (χ1v) is 14.0. The Morgan fingerprint density at radius 1 is 1.09 bits per heavy atom. The molecule has 0 saturated heterocycles. The molecule has 1 aliphatic heterocycles. The van der Waals surface area contributed by atoms with E-state index >= 15 is 0 Å². The van der Waals surface area contributed by atoms with Crippen LogP contribution >= 0.6 is 11.9 Å². The summed E-state index contributed by atoms with van der Waals surface area (Å²) in [6, 6.07) is 7.66. The minimum Gasteiger partial charge on any atom is -0.493 e. The highest BCUT2D eigenvalue weighted by Crippen LogP contribution is 2.35. The first-order chi connectivity index (χ1) is 20.5. The summed E-state index contributed by atoms with van der Waals surface area (Å²) >= 11 is 0.665. The predicted molar refractivity (Wildman–Crippen MR) is 143 cm³/mol. The van der Waals surface area contributed by atoms with Crippen LogP contribution in [0.5, 0.6) is 5.75 Å². The maximum absolute atomic E-state index is 13.1. The molecule has 1 unspecified atom stereocenters. The second kappa shape index (κ2) is 16.6. The maximum Gasteiger partial charge on any atom is 0.408 e. The molecule has 0 saturated carbocycles. The normalized spacial score (nSPS) is 15.6. The number of hydrogen-bond donors (Lipinski definition) is 3. The van der Waals surface area contributed by atoms with Crippen molar-refractivity contribution in [2.45, 2.75) is 56.9 Å². The zero-order valence-electron chi connectivity index (χ0n) is 22.9. The van der Waals surface area contributed by atoms with Crippen LogP contribution in [0, 0.1) is 5.82 Å². The first-order valence-electron chi connectivity index (χ1n) is 12.8. The van der Waals surface area contributed by atoms with Gasteiger partial charge in [-0.05, 0) is 59.1 Å². The molecule has 0 fully saturated rings. The van der Waals surface area contributed by atoms with Gasteiger partial charge in [-0.1, -0.05) is 30.3 Å². The van der Waals surface area contributed by atoms with Crippen LogP contribution in [-0.4, -0.2) is 52.9 Å². The lowest BCUT2D eigenvalue weighted by atomic mass is 9.89. The molecule has 1 atom stereocenters. The number of carbonyl (C=O) groups excluding carboxylic acids is 2. The molecule has 3 rings (SSSR count). The summed E-state index contributed by atoms with van der Waals surface area (Å²) < 4.78 is 118. The molecule has 1 aliphatic rings. The number of alkyl halides is 8. The van der Waals surface area contributed by atoms with E-state index in [1.165, 1.54) is 24.5 Å². The van der Waals surface area contributed by atoms with Crippen LogP contribution in [0.4, 0.5) is 39.5 Å². The molecule has 17 heteroatoms. The second-order valence-corrected chi connectivity index (χ2v) is 9.89. The third-order valence-electron chi connectivity index (χ3n) is 5.92. The Balaban J connectivity index is 0.000000342. The number of benzene rings is 2. The molecule has 44 heavy (non-hydrogen) atoms. The number of unbranched alkanes of at least 4 members (excludes halogenated alkanes) is 2. The molecule has 2 aromatic rings. The van der Waals surface area contributed by atoms with E-state index in [0.717, 1.165) is 24.3 Å². The highest BCUT2D eigenvalue weighted by molar-refractivity contribution is 7.96. The van der Waals surface area contributed by atoms with Gasteiger partial charge in [0.15, 0.2) is 0 Å². The third kappa shape index (κ3) is 12.3. The summed E-state index contributed by atoms with van der Waals surface area (Å²) in [5.41, 5.74) is 0.648. The summed E-state index contributed by atoms with van der Waals surface area (Å²) in [6.07, 6.45) is -10.7. The van der Waals surface area contributed by atoms with Gasteiger partial charge in [-0.3, -0.25) is 20.2 Å². The topological polar surface area (TPSA) is 90.9 Å². The Morgan fingerprint density at radius 3 is 2.30 bits per heavy atom. The smallest absolute Gasteiger partial charge is 0.408 e. The summed E-state index contributed by atoms with van der Waals surface area (Å²) in [5.74, 6) is -2.41. The van der Waals surface area contributed by atoms with E-state index in [1.54, 1.807) is 11.4 Å². The van der Waals surface area contributed by atoms with Gasteiger partial charge in [-0.2, -0.15) is 26.3 Å². The molecule has 0 aliphatic carbocycles. The van der Waals surface area contributed by atoms with Crippen molar-refractivity contribution in [3.8, 4) is 5.75 Å². The van der Waals surface area contributed by atoms with E-state index in [4.69, 9.17) is 4.74 Å². The highest BCUT2D eigenvalue weighted by atomic mass is 32.2. The number of amides is 2. The lowest BCUT2D eigenvalue weighted by molar-refractivity contribution is -0.161. The van der Waals surface area contributed by atoms with Crippen molar-refractivity contribution >= 4 is 29.3 Å². The Hall–Kier alpha value is -3.44. The number of halogens is 9. The minimum absolute atomic E-state index is 0.0160. The lowest BCUT2D eigenvalue weighted by Crippen LogP contribution is -2.51. The SMILES string of the molecule is CSN(O)NC(=O)C1=C(c2ccc(C(F)F)cc2)CC(C(F)(F)F)NC1=O.Fc1cccc(OCCCCCC(F)(F)F)c1. The number of nitrogens with one attached hydrogen (secondary N) is 2. The number of rotatable bonds is 11. The van der Waals surface area contributed by atoms with Crippen molar-refractivity contribution < 1.29 is 59.0 Å². The largest absolute Gasteiger partial charge is 0.493 e. The lowest BCUT2D eigenvalue weighted by Gasteiger charge is -2.29. The van der Waals surface area contributed by atoms with E-state index < -0.39 is 55.0 Å². The maximum atomic E-state index is 13.1. The van der Waals surface area contributed by atoms with Crippen molar-refractivity contribution in [3.05, 3.63) is 71.0 Å². The fourth-order valence-corrected chi connectivity index (χ4v) is 3.97. The molecule has 1 heterocycles. The van der Waals surface area contributed by atoms with Crippen molar-refractivity contribution in [3.63, 3.8) is 0 Å². The van der Waals surface area contributed by atoms with Crippen molar-refractivity contribution in [2.24, 2.45) is 0 Å². The van der Waals surface area contributed by atoms with Crippen LogP contribution in [0.2, 0.25) is 0 Å². The average Bonchev–Trinajstić information content (AvgIpc) is 2.93. The van der Waals surface area contributed by atoms with Crippen LogP contribution in [0.25, 0.3) is 5.57 Å². The van der Waals surface area contributed by atoms with Gasteiger partial charge in [0.25, 0.3) is 18.2 Å². The molecule has 244 valence electrons. The fourth-order valence-electron chi connectivity index (χ4n) is 3.79. The zero-order chi connectivity index (χ0) is 33.1. The van der Waals surface area contributed by atoms with E-state index in [-0.39, 0.29) is 33.5 Å². The predicted octanol–water partition coefficient (Wildman–Crippen LogP) is 7.16. The highest BCUT2D eigenvalue weighted by Gasteiger charge is 2.46. The van der Waals surface area contributed by atoms with Gasteiger partial charge in [-0.15, -0.1) is 0 Å². The molecular weight excluding hydrogens is 633 g/mol. The zero-order valence-corrected chi connectivity index (χ0v) is 23.8. The van der Waals surface area contributed by atoms with Crippen LogP contribution in [-0.2, 0) is 9.59 Å². The van der Waals surface area contributed by atoms with Gasteiger partial charge in [0.2, 0.25) is 0 Å². The third-order valence-corrected chi connectivity index (χ3v) is 6.35. The number of nitrogens with zero attached hydrogens (tertiary/aromatic N) is 1. The van der Waals surface area contributed by atoms with Crippen molar-refractivity contribution in [1.82, 2.24) is 15.3 Å². The second-order valence-electron chi connectivity index (χ2n) is 9.18. The van der Waals surface area contributed by atoms with Gasteiger partial charge in [0.1, 0.15) is 23.2 Å². The monoisotopic (exact) mass is 661 g/mol. The quantitative estimate of drug-likeness (QED) is 0.0779. The minimum atomic E-state index is -4.77. The Kier molecular flexibility index (Phi) is 13.8. The van der Waals surface area contributed by atoms with Crippen molar-refractivity contribution in [2.75, 3.05) is 12.9 Å². The standard InChI is InChI=1S/C15H14F5N3O3S.C12H14F4O/c1-27-23(26)22-14(25)11-9(6-10(15(18,19)20)21-13(11)24)7-2-4-8(5-3-7)12(16)17;13-10-5-4-6-11(9-10)17-8-3-1-2-7-12(14,15)16/h2-5,10,12,26H,6H2,1H3,(H,21,24)(H,22,25);4-6,9H,1-3,7-8H2. The number of carbonyl (C=O) groups is 2. The van der Waals surface area contributed by atoms with Gasteiger partial charge in [-0.25, -0.2) is 13.2 Å². The van der Waals surface area contributed by atoms with Crippen LogP contribution in [0.3, 0.4) is 0 Å². The van der Waals surface area contributed by atoms with Crippen molar-refractivity contribution in [1.29, 1.82) is 0 Å². The molecule has 3 N–H and O–H groups in total. The molecule has 2 aromatic carbocycles. The number of ether oxygens (including phenoxy) is 1. The van der Waals surface area contributed by atoms with Crippen LogP contribution in [0.1, 0.15) is 49.7 Å². The van der Waals surface area contributed by atoms with Gasteiger partial charge < -0.3 is 10.1 Å². The molecule has 0 aromatic heterocycles. The molecule has 7 nitrogen and oxygen atoms in total. The summed E-state index contributed by atoms with van der Waals surface area (Å²) in [7, 11) is 0. The number of hydrazine groups is 1. The van der Waals surface area contributed by atoms with Gasteiger partial charge in [0, 0.05) is 30.7 Å². The molecule has 0 spiro atoms. The summed E-state index contributed by atoms with van der Waals surface area (Å²) in [6.45, 7) is 0.307. The Labute approximate surface area is 250 Å². The van der Waals surface area contributed by atoms with E-state index in [0.29, 0.717) is 37.1 Å². The Bertz CT molecular complexity index is 1270. The van der Waals surface area contributed by atoms with Crippen LogP contribution in [0.15, 0.2) is 54.1 Å². The van der Waals surface area contributed by atoms with Gasteiger partial charge >= 0.3 is 12.4 Å². The van der Waals surface area contributed by atoms with Gasteiger partial charge in [0.05, 0.1) is 6.61 Å². The summed E-state index contributed by atoms with van der Waals surface area (Å²) in [4.78, 5) is 24.4. The van der Waals surface area contributed by atoms with E-state index in [9.17, 15) is 54.3 Å². The first kappa shape index (κ1) is 36.8. The Morgan fingerprint density at radius 2 is 1.75 bits per heavy atom. The molecular formula is C27H28F9N3O4S. The fraction of sp³-hybridized carbons (Fsp3) is 0.407. The average molecular weight is 662 g/mol. The van der Waals surface area contributed by atoms with Crippen LogP contribution < -0.4 is 15.5 Å². The van der Waals surface area contributed by atoms with E-state index in [1.807, 2.05) is 5.43 Å². The number of hydrogen-bond acceptors (Lipinski definition) is 6. The van der Waals surface area contributed by atoms with E-state index in [2.05, 4.69) is 0 Å².